The minimum atomic E-state index is 0.390. The average molecular weight is 269 g/mol. The Bertz CT molecular complexity index is 353. The lowest BCUT2D eigenvalue weighted by atomic mass is 9.90. The number of hydrogen-bond acceptors (Lipinski definition) is 3. The highest BCUT2D eigenvalue weighted by Crippen LogP contribution is 2.47. The fourth-order valence-electron chi connectivity index (χ4n) is 2.67. The van der Waals surface area contributed by atoms with Crippen LogP contribution in [0.5, 0.6) is 0 Å². The summed E-state index contributed by atoms with van der Waals surface area (Å²) in [7, 11) is 0. The molecule has 0 aromatic carbocycles. The lowest BCUT2D eigenvalue weighted by molar-refractivity contribution is 0.413. The molecule has 2 atom stereocenters. The summed E-state index contributed by atoms with van der Waals surface area (Å²) in [6.07, 6.45) is 3.92. The Morgan fingerprint density at radius 2 is 2.35 bits per heavy atom. The van der Waals surface area contributed by atoms with E-state index in [0.717, 1.165) is 6.54 Å². The Morgan fingerprint density at radius 1 is 1.53 bits per heavy atom. The molecule has 0 amide bonds. The highest BCUT2D eigenvalue weighted by Gasteiger charge is 2.39. The minimum Gasteiger partial charge on any atom is -0.309 e. The number of hydrogen-bond donors (Lipinski definition) is 1. The SMILES string of the molecule is CCCNC(c1ccsc1C)C1(C)CCCS1. The Morgan fingerprint density at radius 3 is 2.88 bits per heavy atom. The molecule has 1 nitrogen and oxygen atoms in total. The average Bonchev–Trinajstić information content (AvgIpc) is 2.90. The maximum atomic E-state index is 3.78. The standard InChI is InChI=1S/C14H23NS2/c1-4-8-15-13(12-6-10-16-11(12)2)14(3)7-5-9-17-14/h6,10,13,15H,4-5,7-9H2,1-3H3. The van der Waals surface area contributed by atoms with Gasteiger partial charge in [-0.05, 0) is 62.4 Å². The third kappa shape index (κ3) is 2.88. The van der Waals surface area contributed by atoms with E-state index in [9.17, 15) is 0 Å². The van der Waals surface area contributed by atoms with Crippen molar-refractivity contribution in [3.05, 3.63) is 21.9 Å². The molecule has 2 rings (SSSR count). The second kappa shape index (κ2) is 5.77. The van der Waals surface area contributed by atoms with Crippen LogP contribution in [0.25, 0.3) is 0 Å². The second-order valence-corrected chi connectivity index (χ2v) is 7.83. The summed E-state index contributed by atoms with van der Waals surface area (Å²) in [5.41, 5.74) is 1.53. The molecule has 0 radical (unpaired) electrons. The van der Waals surface area contributed by atoms with Gasteiger partial charge >= 0.3 is 0 Å². The van der Waals surface area contributed by atoms with Crippen LogP contribution in [0.3, 0.4) is 0 Å². The molecule has 1 aromatic rings. The summed E-state index contributed by atoms with van der Waals surface area (Å²) in [4.78, 5) is 1.48. The van der Waals surface area contributed by atoms with Crippen molar-refractivity contribution in [3.8, 4) is 0 Å². The van der Waals surface area contributed by atoms with Gasteiger partial charge in [0.05, 0.1) is 0 Å². The van der Waals surface area contributed by atoms with Crippen molar-refractivity contribution >= 4 is 23.1 Å². The highest BCUT2D eigenvalue weighted by molar-refractivity contribution is 8.00. The lowest BCUT2D eigenvalue weighted by Crippen LogP contribution is -2.38. The smallest absolute Gasteiger partial charge is 0.0477 e. The zero-order valence-corrected chi connectivity index (χ0v) is 12.7. The number of rotatable bonds is 5. The van der Waals surface area contributed by atoms with Crippen molar-refractivity contribution in [3.63, 3.8) is 0 Å². The van der Waals surface area contributed by atoms with Crippen LogP contribution >= 0.6 is 23.1 Å². The number of thiophene rings is 1. The van der Waals surface area contributed by atoms with Gasteiger partial charge in [-0.25, -0.2) is 0 Å². The molecule has 0 saturated carbocycles. The molecular weight excluding hydrogens is 246 g/mol. The van der Waals surface area contributed by atoms with Crippen molar-refractivity contribution in [1.82, 2.24) is 5.32 Å². The fraction of sp³-hybridized carbons (Fsp3) is 0.714. The lowest BCUT2D eigenvalue weighted by Gasteiger charge is -2.34. The van der Waals surface area contributed by atoms with Crippen LogP contribution in [0.15, 0.2) is 11.4 Å². The van der Waals surface area contributed by atoms with E-state index in [1.54, 1.807) is 0 Å². The molecular formula is C14H23NS2. The maximum Gasteiger partial charge on any atom is 0.0477 e. The van der Waals surface area contributed by atoms with Gasteiger partial charge in [0, 0.05) is 15.7 Å². The molecule has 96 valence electrons. The molecule has 1 saturated heterocycles. The Labute approximate surface area is 113 Å². The summed E-state index contributed by atoms with van der Waals surface area (Å²) in [6.45, 7) is 8.06. The van der Waals surface area contributed by atoms with E-state index in [2.05, 4.69) is 49.3 Å². The van der Waals surface area contributed by atoms with Gasteiger partial charge in [0.1, 0.15) is 0 Å². The molecule has 0 bridgehead atoms. The molecule has 2 unspecified atom stereocenters. The van der Waals surface area contributed by atoms with E-state index in [1.165, 1.54) is 35.5 Å². The zero-order valence-electron chi connectivity index (χ0n) is 11.1. The summed E-state index contributed by atoms with van der Waals surface area (Å²) in [5.74, 6) is 1.32. The Kier molecular flexibility index (Phi) is 4.56. The first-order valence-electron chi connectivity index (χ1n) is 6.58. The van der Waals surface area contributed by atoms with E-state index >= 15 is 0 Å². The van der Waals surface area contributed by atoms with Crippen LogP contribution in [0.1, 0.15) is 49.6 Å². The van der Waals surface area contributed by atoms with Crippen LogP contribution in [0.4, 0.5) is 0 Å². The molecule has 0 spiro atoms. The quantitative estimate of drug-likeness (QED) is 0.851. The largest absolute Gasteiger partial charge is 0.309 e. The topological polar surface area (TPSA) is 12.0 Å². The molecule has 1 fully saturated rings. The summed E-state index contributed by atoms with van der Waals surface area (Å²) < 4.78 is 0.390. The normalized spacial score (nSPS) is 26.3. The molecule has 0 aliphatic carbocycles. The van der Waals surface area contributed by atoms with Gasteiger partial charge in [0.2, 0.25) is 0 Å². The molecule has 1 aliphatic heterocycles. The van der Waals surface area contributed by atoms with Gasteiger partial charge in [-0.2, -0.15) is 11.8 Å². The molecule has 1 aliphatic rings. The van der Waals surface area contributed by atoms with Gasteiger partial charge in [0.15, 0.2) is 0 Å². The van der Waals surface area contributed by atoms with Gasteiger partial charge in [-0.3, -0.25) is 0 Å². The summed E-state index contributed by atoms with van der Waals surface area (Å²) in [6, 6.07) is 2.85. The summed E-state index contributed by atoms with van der Waals surface area (Å²) >= 11 is 4.03. The van der Waals surface area contributed by atoms with Crippen LogP contribution in [-0.2, 0) is 0 Å². The van der Waals surface area contributed by atoms with Crippen LogP contribution in [0.2, 0.25) is 0 Å². The third-order valence-corrected chi connectivity index (χ3v) is 6.12. The van der Waals surface area contributed by atoms with Gasteiger partial charge in [-0.1, -0.05) is 6.92 Å². The zero-order chi connectivity index (χ0) is 12.3. The molecule has 17 heavy (non-hydrogen) atoms. The second-order valence-electron chi connectivity index (χ2n) is 5.08. The van der Waals surface area contributed by atoms with Gasteiger partial charge < -0.3 is 5.32 Å². The monoisotopic (exact) mass is 269 g/mol. The molecule has 2 heterocycles. The van der Waals surface area contributed by atoms with E-state index < -0.39 is 0 Å². The Hall–Kier alpha value is 0.01000. The van der Waals surface area contributed by atoms with Crippen LogP contribution in [-0.4, -0.2) is 17.0 Å². The fourth-order valence-corrected chi connectivity index (χ4v) is 4.83. The van der Waals surface area contributed by atoms with Crippen molar-refractivity contribution in [2.24, 2.45) is 0 Å². The number of aryl methyl sites for hydroxylation is 1. The Balaban J connectivity index is 2.21. The third-order valence-electron chi connectivity index (χ3n) is 3.67. The van der Waals surface area contributed by atoms with E-state index in [-0.39, 0.29) is 0 Å². The van der Waals surface area contributed by atoms with Crippen LogP contribution < -0.4 is 5.32 Å². The van der Waals surface area contributed by atoms with Gasteiger partial charge in [0.25, 0.3) is 0 Å². The molecule has 3 heteroatoms. The molecule has 1 aromatic heterocycles. The first-order valence-corrected chi connectivity index (χ1v) is 8.45. The van der Waals surface area contributed by atoms with Crippen molar-refractivity contribution in [2.75, 3.05) is 12.3 Å². The summed E-state index contributed by atoms with van der Waals surface area (Å²) in [5, 5.41) is 6.01. The minimum absolute atomic E-state index is 0.390. The predicted molar refractivity (Wildman–Crippen MR) is 80.2 cm³/mol. The van der Waals surface area contributed by atoms with Crippen molar-refractivity contribution in [1.29, 1.82) is 0 Å². The maximum absolute atomic E-state index is 3.78. The first-order chi connectivity index (χ1) is 8.17. The van der Waals surface area contributed by atoms with E-state index in [4.69, 9.17) is 0 Å². The highest BCUT2D eigenvalue weighted by atomic mass is 32.2. The van der Waals surface area contributed by atoms with Crippen molar-refractivity contribution in [2.45, 2.75) is 50.8 Å². The first kappa shape index (κ1) is 13.4. The predicted octanol–water partition coefficient (Wildman–Crippen LogP) is 4.38. The number of thioether (sulfide) groups is 1. The van der Waals surface area contributed by atoms with Crippen molar-refractivity contribution < 1.29 is 0 Å². The van der Waals surface area contributed by atoms with E-state index in [1.807, 2.05) is 11.3 Å². The van der Waals surface area contributed by atoms with E-state index in [0.29, 0.717) is 10.8 Å². The number of nitrogens with one attached hydrogen (secondary N) is 1. The van der Waals surface area contributed by atoms with Crippen LogP contribution in [0, 0.1) is 6.92 Å². The van der Waals surface area contributed by atoms with Gasteiger partial charge in [-0.15, -0.1) is 11.3 Å². The molecule has 1 N–H and O–H groups in total.